The van der Waals surface area contributed by atoms with Crippen molar-refractivity contribution >= 4 is 12.6 Å². The summed E-state index contributed by atoms with van der Waals surface area (Å²) in [6.45, 7) is 0.418. The molecule has 0 bridgehead atoms. The summed E-state index contributed by atoms with van der Waals surface area (Å²) in [6.07, 6.45) is -1.51. The summed E-state index contributed by atoms with van der Waals surface area (Å²) >= 11 is 0. The average Bonchev–Trinajstić information content (AvgIpc) is 2.16. The molecule has 1 aliphatic heterocycles. The van der Waals surface area contributed by atoms with Gasteiger partial charge in [-0.25, -0.2) is 8.78 Å². The Bertz CT molecular complexity index is 199. The van der Waals surface area contributed by atoms with Crippen molar-refractivity contribution in [3.05, 3.63) is 0 Å². The molecule has 0 aliphatic carbocycles. The molecule has 0 amide bonds. The van der Waals surface area contributed by atoms with E-state index < -0.39 is 24.2 Å². The van der Waals surface area contributed by atoms with Crippen LogP contribution in [0.1, 0.15) is 0 Å². The summed E-state index contributed by atoms with van der Waals surface area (Å²) in [6, 6.07) is 0. The van der Waals surface area contributed by atoms with Gasteiger partial charge in [-0.05, 0) is 0 Å². The Balaban J connectivity index is 2.72. The van der Waals surface area contributed by atoms with Crippen LogP contribution in [0.2, 0.25) is 0 Å². The highest BCUT2D eigenvalue weighted by Gasteiger charge is 2.37. The minimum Gasteiger partial charge on any atom is -0.315 e. The van der Waals surface area contributed by atoms with Crippen LogP contribution in [0.5, 0.6) is 0 Å². The molecule has 1 heterocycles. The van der Waals surface area contributed by atoms with Crippen molar-refractivity contribution in [1.29, 1.82) is 0 Å². The molecule has 0 radical (unpaired) electrons. The van der Waals surface area contributed by atoms with Crippen molar-refractivity contribution in [2.75, 3.05) is 13.1 Å². The smallest absolute Gasteiger partial charge is 0.243 e. The maximum Gasteiger partial charge on any atom is 0.243 e. The van der Waals surface area contributed by atoms with Crippen molar-refractivity contribution in [3.63, 3.8) is 0 Å². The van der Waals surface area contributed by atoms with Gasteiger partial charge < -0.3 is 14.9 Å². The molecule has 0 aromatic heterocycles. The van der Waals surface area contributed by atoms with Crippen LogP contribution in [0.4, 0.5) is 8.78 Å². The monoisotopic (exact) mass is 191 g/mol. The lowest BCUT2D eigenvalue weighted by Gasteiger charge is -2.31. The molecule has 13 heavy (non-hydrogen) atoms. The molecule has 0 aromatic rings. The summed E-state index contributed by atoms with van der Waals surface area (Å²) < 4.78 is 24.7. The fourth-order valence-electron chi connectivity index (χ4n) is 1.60. The summed E-state index contributed by atoms with van der Waals surface area (Å²) in [5.41, 5.74) is 0. The first-order valence-electron chi connectivity index (χ1n) is 4.10. The second kappa shape index (κ2) is 4.41. The van der Waals surface area contributed by atoms with Crippen molar-refractivity contribution in [2.45, 2.75) is 6.43 Å². The van der Waals surface area contributed by atoms with Crippen molar-refractivity contribution in [3.8, 4) is 0 Å². The van der Waals surface area contributed by atoms with E-state index in [2.05, 4.69) is 5.32 Å². The van der Waals surface area contributed by atoms with Crippen LogP contribution in [0.25, 0.3) is 0 Å². The number of hydrogen-bond donors (Lipinski definition) is 1. The van der Waals surface area contributed by atoms with Crippen LogP contribution in [0, 0.1) is 17.8 Å². The number of nitrogens with one attached hydrogen (secondary N) is 1. The summed E-state index contributed by atoms with van der Waals surface area (Å²) in [5, 5.41) is 2.71. The Labute approximate surface area is 74.5 Å². The van der Waals surface area contributed by atoms with E-state index in [1.807, 2.05) is 0 Å². The van der Waals surface area contributed by atoms with E-state index in [1.165, 1.54) is 0 Å². The lowest BCUT2D eigenvalue weighted by Crippen LogP contribution is -2.47. The molecule has 1 aliphatic rings. The Morgan fingerprint density at radius 2 is 1.92 bits per heavy atom. The molecule has 0 aromatic carbocycles. The third kappa shape index (κ3) is 2.09. The minimum atomic E-state index is -2.55. The molecule has 1 rings (SSSR count). The molecule has 1 N–H and O–H groups in total. The zero-order chi connectivity index (χ0) is 9.84. The molecule has 5 heteroatoms. The molecule has 1 fully saturated rings. The van der Waals surface area contributed by atoms with Crippen LogP contribution in [0.15, 0.2) is 0 Å². The number of aldehydes is 2. The zero-order valence-corrected chi connectivity index (χ0v) is 6.95. The molecule has 0 spiro atoms. The van der Waals surface area contributed by atoms with Crippen LogP contribution in [0.3, 0.4) is 0 Å². The molecular weight excluding hydrogens is 180 g/mol. The Hall–Kier alpha value is -0.840. The van der Waals surface area contributed by atoms with Gasteiger partial charge in [0.25, 0.3) is 0 Å². The van der Waals surface area contributed by atoms with Crippen LogP contribution < -0.4 is 5.32 Å². The molecule has 74 valence electrons. The largest absolute Gasteiger partial charge is 0.315 e. The standard InChI is InChI=1S/C8H11F2NO2/c9-8(10)6-2-11-1-5(3-12)7(6)4-13/h3-8,11H,1-2H2/t5-,6-,7-/m1/s1. The number of halogens is 2. The second-order valence-electron chi connectivity index (χ2n) is 3.17. The topological polar surface area (TPSA) is 46.2 Å². The SMILES string of the molecule is O=C[C@@H]1[C@@H](C=O)CNC[C@H]1C(F)F. The van der Waals surface area contributed by atoms with E-state index in [9.17, 15) is 18.4 Å². The van der Waals surface area contributed by atoms with Gasteiger partial charge in [0.15, 0.2) is 0 Å². The average molecular weight is 191 g/mol. The van der Waals surface area contributed by atoms with E-state index in [0.29, 0.717) is 19.1 Å². The molecule has 0 unspecified atom stereocenters. The van der Waals surface area contributed by atoms with Gasteiger partial charge in [-0.15, -0.1) is 0 Å². The van der Waals surface area contributed by atoms with Crippen LogP contribution >= 0.6 is 0 Å². The molecule has 3 nitrogen and oxygen atoms in total. The van der Waals surface area contributed by atoms with Gasteiger partial charge in [0.1, 0.15) is 12.6 Å². The number of carbonyl (C=O) groups excluding carboxylic acids is 2. The van der Waals surface area contributed by atoms with Crippen molar-refractivity contribution in [1.82, 2.24) is 5.32 Å². The van der Waals surface area contributed by atoms with Crippen LogP contribution in [-0.2, 0) is 9.59 Å². The highest BCUT2D eigenvalue weighted by Crippen LogP contribution is 2.26. The number of piperidine rings is 1. The third-order valence-electron chi connectivity index (χ3n) is 2.40. The Morgan fingerprint density at radius 3 is 2.38 bits per heavy atom. The van der Waals surface area contributed by atoms with Gasteiger partial charge in [-0.2, -0.15) is 0 Å². The van der Waals surface area contributed by atoms with E-state index in [1.54, 1.807) is 0 Å². The maximum absolute atomic E-state index is 12.4. The fraction of sp³-hybridized carbons (Fsp3) is 0.750. The van der Waals surface area contributed by atoms with Gasteiger partial charge in [-0.1, -0.05) is 0 Å². The number of rotatable bonds is 3. The Kier molecular flexibility index (Phi) is 3.48. The first-order chi connectivity index (χ1) is 6.20. The number of carbonyl (C=O) groups is 2. The zero-order valence-electron chi connectivity index (χ0n) is 6.95. The fourth-order valence-corrected chi connectivity index (χ4v) is 1.60. The van der Waals surface area contributed by atoms with Crippen molar-refractivity contribution in [2.24, 2.45) is 17.8 Å². The maximum atomic E-state index is 12.4. The first-order valence-corrected chi connectivity index (χ1v) is 4.10. The lowest BCUT2D eigenvalue weighted by atomic mass is 9.80. The predicted molar refractivity (Wildman–Crippen MR) is 41.5 cm³/mol. The van der Waals surface area contributed by atoms with Crippen molar-refractivity contribution < 1.29 is 18.4 Å². The van der Waals surface area contributed by atoms with Gasteiger partial charge >= 0.3 is 0 Å². The quantitative estimate of drug-likeness (QED) is 0.643. The van der Waals surface area contributed by atoms with Gasteiger partial charge in [0, 0.05) is 30.8 Å². The highest BCUT2D eigenvalue weighted by atomic mass is 19.3. The first kappa shape index (κ1) is 10.2. The van der Waals surface area contributed by atoms with E-state index in [-0.39, 0.29) is 6.54 Å². The summed E-state index contributed by atoms with van der Waals surface area (Å²) in [5.74, 6) is -2.47. The second-order valence-corrected chi connectivity index (χ2v) is 3.17. The summed E-state index contributed by atoms with van der Waals surface area (Å²) in [7, 11) is 0. The number of hydrogen-bond acceptors (Lipinski definition) is 3. The molecule has 0 saturated carbocycles. The van der Waals surface area contributed by atoms with E-state index in [0.717, 1.165) is 0 Å². The van der Waals surface area contributed by atoms with E-state index >= 15 is 0 Å². The number of alkyl halides is 2. The molecule has 3 atom stereocenters. The van der Waals surface area contributed by atoms with Crippen LogP contribution in [-0.4, -0.2) is 32.1 Å². The lowest BCUT2D eigenvalue weighted by molar-refractivity contribution is -0.125. The Morgan fingerprint density at radius 1 is 1.23 bits per heavy atom. The molecular formula is C8H11F2NO2. The predicted octanol–water partition coefficient (Wildman–Crippen LogP) is 0.101. The third-order valence-corrected chi connectivity index (χ3v) is 2.40. The normalized spacial score (nSPS) is 34.5. The van der Waals surface area contributed by atoms with E-state index in [4.69, 9.17) is 0 Å². The van der Waals surface area contributed by atoms with Gasteiger partial charge in [0.2, 0.25) is 6.43 Å². The van der Waals surface area contributed by atoms with Gasteiger partial charge in [-0.3, -0.25) is 0 Å². The molecule has 1 saturated heterocycles. The summed E-state index contributed by atoms with van der Waals surface area (Å²) in [4.78, 5) is 21.0. The minimum absolute atomic E-state index is 0.103. The van der Waals surface area contributed by atoms with Gasteiger partial charge in [0.05, 0.1) is 0 Å². The highest BCUT2D eigenvalue weighted by molar-refractivity contribution is 5.65.